The van der Waals surface area contributed by atoms with Gasteiger partial charge in [0.1, 0.15) is 0 Å². The molecule has 1 unspecified atom stereocenters. The zero-order valence-corrected chi connectivity index (χ0v) is 13.0. The Bertz CT molecular complexity index is 291. The van der Waals surface area contributed by atoms with E-state index in [-0.39, 0.29) is 5.97 Å². The number of carbonyl (C=O) groups excluding carboxylic acids is 1. The summed E-state index contributed by atoms with van der Waals surface area (Å²) in [6, 6.07) is 0. The van der Waals surface area contributed by atoms with Gasteiger partial charge in [-0.25, -0.2) is 4.79 Å². The van der Waals surface area contributed by atoms with E-state index in [1.807, 2.05) is 6.92 Å². The summed E-state index contributed by atoms with van der Waals surface area (Å²) in [7, 11) is 0. The van der Waals surface area contributed by atoms with Crippen molar-refractivity contribution in [1.82, 2.24) is 0 Å². The molecule has 0 N–H and O–H groups in total. The van der Waals surface area contributed by atoms with Crippen LogP contribution in [0, 0.1) is 5.92 Å². The van der Waals surface area contributed by atoms with Gasteiger partial charge in [0.15, 0.2) is 5.60 Å². The van der Waals surface area contributed by atoms with Crippen molar-refractivity contribution in [2.75, 3.05) is 13.2 Å². The standard InChI is InChI=1S/C17H30O3/c1-2-13-19-16(18)17(14-20-17)12-8-4-7-11-15-9-5-3-6-10-15/h15H,2-14H2,1H3. The van der Waals surface area contributed by atoms with Gasteiger partial charge < -0.3 is 9.47 Å². The highest BCUT2D eigenvalue weighted by Gasteiger charge is 2.52. The minimum Gasteiger partial charge on any atom is -0.463 e. The molecule has 1 aliphatic heterocycles. The van der Waals surface area contributed by atoms with Crippen LogP contribution in [0.3, 0.4) is 0 Å². The van der Waals surface area contributed by atoms with Crippen LogP contribution in [0.5, 0.6) is 0 Å². The first-order chi connectivity index (χ1) is 9.77. The Morgan fingerprint density at radius 3 is 2.60 bits per heavy atom. The lowest BCUT2D eigenvalue weighted by molar-refractivity contribution is -0.150. The van der Waals surface area contributed by atoms with E-state index in [0.29, 0.717) is 13.2 Å². The third-order valence-electron chi connectivity index (χ3n) is 4.72. The zero-order chi connectivity index (χ0) is 14.3. The molecule has 116 valence electrons. The van der Waals surface area contributed by atoms with Crippen LogP contribution in [0.1, 0.15) is 77.6 Å². The molecule has 2 aliphatic rings. The van der Waals surface area contributed by atoms with Crippen molar-refractivity contribution < 1.29 is 14.3 Å². The molecule has 3 nitrogen and oxygen atoms in total. The molecular weight excluding hydrogens is 252 g/mol. The summed E-state index contributed by atoms with van der Waals surface area (Å²) in [5, 5.41) is 0. The van der Waals surface area contributed by atoms with Crippen molar-refractivity contribution >= 4 is 5.97 Å². The van der Waals surface area contributed by atoms with Gasteiger partial charge in [-0.2, -0.15) is 0 Å². The third kappa shape index (κ3) is 4.76. The van der Waals surface area contributed by atoms with Crippen molar-refractivity contribution in [2.24, 2.45) is 5.92 Å². The molecule has 0 bridgehead atoms. The van der Waals surface area contributed by atoms with Crippen LogP contribution in [-0.4, -0.2) is 24.8 Å². The Morgan fingerprint density at radius 1 is 1.20 bits per heavy atom. The van der Waals surface area contributed by atoms with Gasteiger partial charge in [0, 0.05) is 0 Å². The second-order valence-electron chi connectivity index (χ2n) is 6.52. The highest BCUT2D eigenvalue weighted by atomic mass is 16.6. The maximum atomic E-state index is 11.9. The highest BCUT2D eigenvalue weighted by Crippen LogP contribution is 2.35. The van der Waals surface area contributed by atoms with Gasteiger partial charge in [0.25, 0.3) is 0 Å². The van der Waals surface area contributed by atoms with E-state index in [9.17, 15) is 4.79 Å². The van der Waals surface area contributed by atoms with Gasteiger partial charge in [0.2, 0.25) is 0 Å². The van der Waals surface area contributed by atoms with Gasteiger partial charge in [-0.05, 0) is 25.2 Å². The van der Waals surface area contributed by atoms with E-state index in [1.165, 1.54) is 51.4 Å². The SMILES string of the molecule is CCCOC(=O)C1(CCCCCC2CCCCC2)CO1. The topological polar surface area (TPSA) is 38.8 Å². The lowest BCUT2D eigenvalue weighted by Crippen LogP contribution is -2.27. The van der Waals surface area contributed by atoms with Crippen LogP contribution in [0.25, 0.3) is 0 Å². The molecule has 0 radical (unpaired) electrons. The van der Waals surface area contributed by atoms with Gasteiger partial charge in [-0.1, -0.05) is 58.3 Å². The lowest BCUT2D eigenvalue weighted by Gasteiger charge is -2.21. The van der Waals surface area contributed by atoms with Gasteiger partial charge in [-0.3, -0.25) is 0 Å². The minimum atomic E-state index is -0.556. The summed E-state index contributed by atoms with van der Waals surface area (Å²) in [6.45, 7) is 3.10. The first-order valence-corrected chi connectivity index (χ1v) is 8.58. The van der Waals surface area contributed by atoms with Crippen molar-refractivity contribution in [3.63, 3.8) is 0 Å². The minimum absolute atomic E-state index is 0.133. The molecule has 0 aromatic carbocycles. The third-order valence-corrected chi connectivity index (χ3v) is 4.72. The highest BCUT2D eigenvalue weighted by molar-refractivity contribution is 5.82. The summed E-state index contributed by atoms with van der Waals surface area (Å²) in [4.78, 5) is 11.9. The number of hydrogen-bond acceptors (Lipinski definition) is 3. The number of unbranched alkanes of at least 4 members (excludes halogenated alkanes) is 2. The van der Waals surface area contributed by atoms with Crippen molar-refractivity contribution in [3.05, 3.63) is 0 Å². The first-order valence-electron chi connectivity index (χ1n) is 8.58. The average Bonchev–Trinajstić information content (AvgIpc) is 3.26. The quantitative estimate of drug-likeness (QED) is 0.361. The molecule has 2 fully saturated rings. The van der Waals surface area contributed by atoms with Crippen LogP contribution in [0.15, 0.2) is 0 Å². The molecule has 1 atom stereocenters. The van der Waals surface area contributed by atoms with Crippen molar-refractivity contribution in [2.45, 2.75) is 83.2 Å². The molecule has 2 rings (SSSR count). The monoisotopic (exact) mass is 282 g/mol. The van der Waals surface area contributed by atoms with E-state index < -0.39 is 5.60 Å². The van der Waals surface area contributed by atoms with E-state index in [0.717, 1.165) is 25.2 Å². The van der Waals surface area contributed by atoms with Gasteiger partial charge >= 0.3 is 5.97 Å². The Kier molecular flexibility index (Phi) is 6.34. The molecule has 0 aromatic heterocycles. The van der Waals surface area contributed by atoms with Crippen molar-refractivity contribution in [3.8, 4) is 0 Å². The molecule has 1 saturated heterocycles. The second-order valence-corrected chi connectivity index (χ2v) is 6.52. The normalized spacial score (nSPS) is 26.4. The smallest absolute Gasteiger partial charge is 0.340 e. The number of esters is 1. The number of carbonyl (C=O) groups is 1. The molecule has 1 heterocycles. The van der Waals surface area contributed by atoms with Crippen LogP contribution in [-0.2, 0) is 14.3 Å². The Morgan fingerprint density at radius 2 is 1.95 bits per heavy atom. The molecule has 1 saturated carbocycles. The first kappa shape index (κ1) is 15.8. The summed E-state index contributed by atoms with van der Waals surface area (Å²) in [6.07, 6.45) is 13.9. The predicted octanol–water partition coefficient (Wildman–Crippen LogP) is 4.24. The van der Waals surface area contributed by atoms with Crippen LogP contribution >= 0.6 is 0 Å². The fourth-order valence-corrected chi connectivity index (χ4v) is 3.27. The molecule has 0 spiro atoms. The summed E-state index contributed by atoms with van der Waals surface area (Å²) in [5.74, 6) is 0.844. The largest absolute Gasteiger partial charge is 0.463 e. The molecular formula is C17H30O3. The maximum Gasteiger partial charge on any atom is 0.340 e. The maximum absolute atomic E-state index is 11.9. The lowest BCUT2D eigenvalue weighted by atomic mass is 9.85. The number of rotatable bonds is 9. The number of ether oxygens (including phenoxy) is 2. The number of hydrogen-bond donors (Lipinski definition) is 0. The molecule has 20 heavy (non-hydrogen) atoms. The summed E-state index contributed by atoms with van der Waals surface area (Å²) >= 11 is 0. The fourth-order valence-electron chi connectivity index (χ4n) is 3.27. The van der Waals surface area contributed by atoms with E-state index in [4.69, 9.17) is 9.47 Å². The molecule has 3 heteroatoms. The van der Waals surface area contributed by atoms with Gasteiger partial charge in [0.05, 0.1) is 13.2 Å². The summed E-state index contributed by atoms with van der Waals surface area (Å²) in [5.41, 5.74) is -0.556. The molecule has 0 amide bonds. The van der Waals surface area contributed by atoms with Gasteiger partial charge in [-0.15, -0.1) is 0 Å². The Hall–Kier alpha value is -0.570. The Balaban J connectivity index is 1.53. The van der Waals surface area contributed by atoms with E-state index in [1.54, 1.807) is 0 Å². The van der Waals surface area contributed by atoms with E-state index in [2.05, 4.69) is 0 Å². The second kappa shape index (κ2) is 8.02. The van der Waals surface area contributed by atoms with Crippen molar-refractivity contribution in [1.29, 1.82) is 0 Å². The van der Waals surface area contributed by atoms with E-state index >= 15 is 0 Å². The molecule has 0 aromatic rings. The van der Waals surface area contributed by atoms with Crippen LogP contribution in [0.4, 0.5) is 0 Å². The van der Waals surface area contributed by atoms with Crippen LogP contribution in [0.2, 0.25) is 0 Å². The summed E-state index contributed by atoms with van der Waals surface area (Å²) < 4.78 is 10.6. The number of epoxide rings is 1. The fraction of sp³-hybridized carbons (Fsp3) is 0.941. The zero-order valence-electron chi connectivity index (χ0n) is 13.0. The average molecular weight is 282 g/mol. The predicted molar refractivity (Wildman–Crippen MR) is 79.6 cm³/mol. The Labute approximate surface area is 123 Å². The van der Waals surface area contributed by atoms with Crippen LogP contribution < -0.4 is 0 Å². The molecule has 1 aliphatic carbocycles.